The molecule has 1 aromatic carbocycles. The van der Waals surface area contributed by atoms with Crippen LogP contribution >= 0.6 is 0 Å². The van der Waals surface area contributed by atoms with Crippen molar-refractivity contribution in [2.45, 2.75) is 6.92 Å². The largest absolute Gasteiger partial charge is 0.497 e. The average Bonchev–Trinajstić information content (AvgIpc) is 2.09. The van der Waals surface area contributed by atoms with Gasteiger partial charge >= 0.3 is 0 Å². The first-order valence-electron chi connectivity index (χ1n) is 3.74. The van der Waals surface area contributed by atoms with Gasteiger partial charge in [0, 0.05) is 11.6 Å². The number of rotatable bonds is 2. The average molecular weight is 166 g/mol. The molecule has 0 spiro atoms. The molecular weight excluding hydrogens is 155 g/mol. The Kier molecular flexibility index (Phi) is 2.86. The van der Waals surface area contributed by atoms with Crippen LogP contribution in [0.5, 0.6) is 5.75 Å². The molecular formula is C10H11FO. The van der Waals surface area contributed by atoms with Crippen molar-refractivity contribution in [3.8, 4) is 5.75 Å². The molecule has 12 heavy (non-hydrogen) atoms. The first-order valence-corrected chi connectivity index (χ1v) is 3.74. The fourth-order valence-electron chi connectivity index (χ4n) is 0.950. The molecule has 0 aromatic heterocycles. The molecule has 0 amide bonds. The second-order valence-corrected chi connectivity index (χ2v) is 2.39. The number of allylic oxidation sites excluding steroid dienone is 1. The minimum atomic E-state index is -0.257. The Labute approximate surface area is 71.5 Å². The molecule has 0 aliphatic carbocycles. The highest BCUT2D eigenvalue weighted by Crippen LogP contribution is 2.16. The van der Waals surface area contributed by atoms with Crippen molar-refractivity contribution in [2.24, 2.45) is 0 Å². The Hall–Kier alpha value is -1.31. The summed E-state index contributed by atoms with van der Waals surface area (Å²) < 4.78 is 18.0. The molecule has 0 aliphatic heterocycles. The highest BCUT2D eigenvalue weighted by Gasteiger charge is 1.99. The molecule has 0 atom stereocenters. The molecule has 0 N–H and O–H groups in total. The Morgan fingerprint density at radius 3 is 2.67 bits per heavy atom. The molecule has 0 saturated heterocycles. The molecule has 2 heteroatoms. The van der Waals surface area contributed by atoms with Gasteiger partial charge in [0.1, 0.15) is 11.6 Å². The van der Waals surface area contributed by atoms with E-state index < -0.39 is 0 Å². The van der Waals surface area contributed by atoms with E-state index in [0.29, 0.717) is 11.3 Å². The van der Waals surface area contributed by atoms with Crippen LogP contribution < -0.4 is 4.74 Å². The third-order valence-corrected chi connectivity index (χ3v) is 1.55. The quantitative estimate of drug-likeness (QED) is 0.656. The molecule has 0 bridgehead atoms. The molecule has 1 nitrogen and oxygen atoms in total. The van der Waals surface area contributed by atoms with Crippen LogP contribution in [-0.4, -0.2) is 7.11 Å². The van der Waals surface area contributed by atoms with Crippen molar-refractivity contribution in [2.75, 3.05) is 7.11 Å². The summed E-state index contributed by atoms with van der Waals surface area (Å²) in [6.45, 7) is 1.85. The second-order valence-electron chi connectivity index (χ2n) is 2.39. The Balaban J connectivity index is 3.03. The summed E-state index contributed by atoms with van der Waals surface area (Å²) in [6, 6.07) is 4.79. The van der Waals surface area contributed by atoms with Gasteiger partial charge < -0.3 is 4.74 Å². The van der Waals surface area contributed by atoms with Gasteiger partial charge in [0.05, 0.1) is 7.11 Å². The molecule has 0 radical (unpaired) electrons. The Morgan fingerprint density at radius 2 is 2.17 bits per heavy atom. The van der Waals surface area contributed by atoms with Crippen LogP contribution in [0, 0.1) is 5.82 Å². The SMILES string of the molecule is CC=Cc1ccc(OC)cc1F. The minimum Gasteiger partial charge on any atom is -0.497 e. The van der Waals surface area contributed by atoms with Crippen LogP contribution in [0.1, 0.15) is 12.5 Å². The van der Waals surface area contributed by atoms with Gasteiger partial charge in [-0.3, -0.25) is 0 Å². The predicted molar refractivity (Wildman–Crippen MR) is 47.7 cm³/mol. The van der Waals surface area contributed by atoms with Gasteiger partial charge in [-0.25, -0.2) is 4.39 Å². The van der Waals surface area contributed by atoms with Crippen LogP contribution in [-0.2, 0) is 0 Å². The Bertz CT molecular complexity index is 292. The number of hydrogen-bond acceptors (Lipinski definition) is 1. The van der Waals surface area contributed by atoms with Gasteiger partial charge in [-0.1, -0.05) is 12.2 Å². The minimum absolute atomic E-state index is 0.257. The van der Waals surface area contributed by atoms with Crippen LogP contribution in [0.15, 0.2) is 24.3 Å². The molecule has 0 unspecified atom stereocenters. The fourth-order valence-corrected chi connectivity index (χ4v) is 0.950. The maximum absolute atomic E-state index is 13.1. The van der Waals surface area contributed by atoms with E-state index in [-0.39, 0.29) is 5.82 Å². The van der Waals surface area contributed by atoms with Crippen molar-refractivity contribution in [3.05, 3.63) is 35.7 Å². The number of methoxy groups -OCH3 is 1. The molecule has 64 valence electrons. The summed E-state index contributed by atoms with van der Waals surface area (Å²) in [4.78, 5) is 0. The van der Waals surface area contributed by atoms with Gasteiger partial charge in [0.15, 0.2) is 0 Å². The maximum Gasteiger partial charge on any atom is 0.134 e. The zero-order chi connectivity index (χ0) is 8.97. The first-order chi connectivity index (χ1) is 5.77. The van der Waals surface area contributed by atoms with Crippen LogP contribution in [0.4, 0.5) is 4.39 Å². The monoisotopic (exact) mass is 166 g/mol. The smallest absolute Gasteiger partial charge is 0.134 e. The summed E-state index contributed by atoms with van der Waals surface area (Å²) in [7, 11) is 1.52. The van der Waals surface area contributed by atoms with E-state index in [9.17, 15) is 4.39 Å². The topological polar surface area (TPSA) is 9.23 Å². The van der Waals surface area contributed by atoms with Crippen LogP contribution in [0.25, 0.3) is 6.08 Å². The van der Waals surface area contributed by atoms with Crippen molar-refractivity contribution in [1.82, 2.24) is 0 Å². The lowest BCUT2D eigenvalue weighted by atomic mass is 10.2. The summed E-state index contributed by atoms with van der Waals surface area (Å²) in [5, 5.41) is 0. The van der Waals surface area contributed by atoms with Crippen molar-refractivity contribution >= 4 is 6.08 Å². The third kappa shape index (κ3) is 1.84. The van der Waals surface area contributed by atoms with E-state index in [1.807, 2.05) is 6.92 Å². The normalized spacial score (nSPS) is 10.6. The highest BCUT2D eigenvalue weighted by atomic mass is 19.1. The van der Waals surface area contributed by atoms with E-state index >= 15 is 0 Å². The zero-order valence-corrected chi connectivity index (χ0v) is 7.17. The number of ether oxygens (including phenoxy) is 1. The number of hydrogen-bond donors (Lipinski definition) is 0. The van der Waals surface area contributed by atoms with Gasteiger partial charge in [-0.15, -0.1) is 0 Å². The van der Waals surface area contributed by atoms with E-state index in [1.54, 1.807) is 24.3 Å². The van der Waals surface area contributed by atoms with Gasteiger partial charge in [-0.05, 0) is 19.1 Å². The predicted octanol–water partition coefficient (Wildman–Crippen LogP) is 2.87. The van der Waals surface area contributed by atoms with Crippen molar-refractivity contribution < 1.29 is 9.13 Å². The zero-order valence-electron chi connectivity index (χ0n) is 7.17. The molecule has 1 aromatic rings. The summed E-state index contributed by atoms with van der Waals surface area (Å²) in [5.41, 5.74) is 0.582. The van der Waals surface area contributed by atoms with E-state index in [0.717, 1.165) is 0 Å². The lowest BCUT2D eigenvalue weighted by Crippen LogP contribution is -1.86. The van der Waals surface area contributed by atoms with E-state index in [4.69, 9.17) is 4.74 Å². The lowest BCUT2D eigenvalue weighted by Gasteiger charge is -2.00. The molecule has 1 rings (SSSR count). The van der Waals surface area contributed by atoms with E-state index in [1.165, 1.54) is 13.2 Å². The number of benzene rings is 1. The van der Waals surface area contributed by atoms with Crippen LogP contribution in [0.3, 0.4) is 0 Å². The third-order valence-electron chi connectivity index (χ3n) is 1.55. The number of halogens is 1. The summed E-state index contributed by atoms with van der Waals surface area (Å²) >= 11 is 0. The van der Waals surface area contributed by atoms with Gasteiger partial charge in [0.25, 0.3) is 0 Å². The molecule has 0 saturated carbocycles. The first kappa shape index (κ1) is 8.78. The van der Waals surface area contributed by atoms with Gasteiger partial charge in [-0.2, -0.15) is 0 Å². The highest BCUT2D eigenvalue weighted by molar-refractivity contribution is 5.51. The molecule has 0 aliphatic rings. The second kappa shape index (κ2) is 3.90. The van der Waals surface area contributed by atoms with Crippen molar-refractivity contribution in [3.63, 3.8) is 0 Å². The van der Waals surface area contributed by atoms with Crippen molar-refractivity contribution in [1.29, 1.82) is 0 Å². The van der Waals surface area contributed by atoms with Crippen LogP contribution in [0.2, 0.25) is 0 Å². The maximum atomic E-state index is 13.1. The fraction of sp³-hybridized carbons (Fsp3) is 0.200. The van der Waals surface area contributed by atoms with E-state index in [2.05, 4.69) is 0 Å². The Morgan fingerprint density at radius 1 is 1.42 bits per heavy atom. The summed E-state index contributed by atoms with van der Waals surface area (Å²) in [6.07, 6.45) is 3.51. The lowest BCUT2D eigenvalue weighted by molar-refractivity contribution is 0.411. The van der Waals surface area contributed by atoms with Gasteiger partial charge in [0.2, 0.25) is 0 Å². The standard InChI is InChI=1S/C10H11FO/c1-3-4-8-5-6-9(12-2)7-10(8)11/h3-7H,1-2H3. The molecule has 0 heterocycles. The summed E-state index contributed by atoms with van der Waals surface area (Å²) in [5.74, 6) is 0.285. The molecule has 0 fully saturated rings.